The molecule has 5 heteroatoms. The quantitative estimate of drug-likeness (QED) is 0.829. The molecule has 2 aliphatic rings. The van der Waals surface area contributed by atoms with Crippen molar-refractivity contribution in [1.29, 1.82) is 0 Å². The van der Waals surface area contributed by atoms with Gasteiger partial charge < -0.3 is 5.32 Å². The van der Waals surface area contributed by atoms with Crippen LogP contribution in [0, 0.1) is 5.41 Å². The zero-order valence-corrected chi connectivity index (χ0v) is 11.6. The number of sulfonamides is 1. The van der Waals surface area contributed by atoms with Crippen LogP contribution in [0.15, 0.2) is 0 Å². The molecule has 2 rings (SSSR count). The van der Waals surface area contributed by atoms with Crippen LogP contribution in [0.5, 0.6) is 0 Å². The molecule has 2 aliphatic heterocycles. The number of nitrogens with zero attached hydrogens (tertiary/aromatic N) is 1. The van der Waals surface area contributed by atoms with Crippen molar-refractivity contribution in [2.45, 2.75) is 39.0 Å². The van der Waals surface area contributed by atoms with Gasteiger partial charge in [-0.25, -0.2) is 12.7 Å². The van der Waals surface area contributed by atoms with E-state index in [0.29, 0.717) is 12.2 Å². The molecule has 0 aromatic rings. The van der Waals surface area contributed by atoms with Gasteiger partial charge in [-0.05, 0) is 44.1 Å². The predicted molar refractivity (Wildman–Crippen MR) is 69.4 cm³/mol. The van der Waals surface area contributed by atoms with Crippen LogP contribution in [0.2, 0.25) is 0 Å². The van der Waals surface area contributed by atoms with Crippen LogP contribution in [0.4, 0.5) is 0 Å². The summed E-state index contributed by atoms with van der Waals surface area (Å²) < 4.78 is 26.0. The molecule has 1 atom stereocenters. The van der Waals surface area contributed by atoms with Crippen LogP contribution in [0.3, 0.4) is 0 Å². The molecule has 2 saturated heterocycles. The molecule has 0 radical (unpaired) electrons. The highest BCUT2D eigenvalue weighted by atomic mass is 32.2. The van der Waals surface area contributed by atoms with E-state index in [2.05, 4.69) is 5.32 Å². The van der Waals surface area contributed by atoms with E-state index in [9.17, 15) is 8.42 Å². The van der Waals surface area contributed by atoms with Gasteiger partial charge in [0.1, 0.15) is 0 Å². The van der Waals surface area contributed by atoms with Crippen LogP contribution in [-0.4, -0.2) is 44.7 Å². The first-order valence-corrected chi connectivity index (χ1v) is 8.37. The lowest BCUT2D eigenvalue weighted by molar-refractivity contribution is 0.110. The van der Waals surface area contributed by atoms with E-state index < -0.39 is 10.0 Å². The highest BCUT2D eigenvalue weighted by Crippen LogP contribution is 2.36. The molecule has 0 amide bonds. The number of piperidine rings is 2. The third kappa shape index (κ3) is 3.01. The molecule has 1 unspecified atom stereocenters. The SMILES string of the molecule is CCCS(=O)(=O)N1CCCC2(CCCNC2)C1. The van der Waals surface area contributed by atoms with E-state index in [0.717, 1.165) is 32.6 Å². The molecule has 17 heavy (non-hydrogen) atoms. The van der Waals surface area contributed by atoms with Crippen LogP contribution in [0.1, 0.15) is 39.0 Å². The summed E-state index contributed by atoms with van der Waals surface area (Å²) in [6.07, 6.45) is 5.27. The van der Waals surface area contributed by atoms with Gasteiger partial charge in [0.15, 0.2) is 0 Å². The van der Waals surface area contributed by atoms with Gasteiger partial charge >= 0.3 is 0 Å². The highest BCUT2D eigenvalue weighted by molar-refractivity contribution is 7.89. The van der Waals surface area contributed by atoms with Crippen LogP contribution in [0.25, 0.3) is 0 Å². The lowest BCUT2D eigenvalue weighted by Crippen LogP contribution is -2.52. The Morgan fingerprint density at radius 2 is 2.06 bits per heavy atom. The van der Waals surface area contributed by atoms with Crippen molar-refractivity contribution in [1.82, 2.24) is 9.62 Å². The zero-order chi connectivity index (χ0) is 12.4. The average Bonchev–Trinajstić information content (AvgIpc) is 2.30. The van der Waals surface area contributed by atoms with Crippen LogP contribution >= 0.6 is 0 Å². The number of nitrogens with one attached hydrogen (secondary N) is 1. The van der Waals surface area contributed by atoms with Gasteiger partial charge in [-0.15, -0.1) is 0 Å². The Morgan fingerprint density at radius 3 is 2.71 bits per heavy atom. The van der Waals surface area contributed by atoms with Crippen molar-refractivity contribution in [3.05, 3.63) is 0 Å². The summed E-state index contributed by atoms with van der Waals surface area (Å²) in [6.45, 7) is 5.47. The van der Waals surface area contributed by atoms with Crippen LogP contribution < -0.4 is 5.32 Å². The Hall–Kier alpha value is -0.130. The Labute approximate surface area is 105 Å². The Bertz CT molecular complexity index is 342. The molecule has 1 spiro atoms. The summed E-state index contributed by atoms with van der Waals surface area (Å²) in [7, 11) is -3.00. The highest BCUT2D eigenvalue weighted by Gasteiger charge is 2.39. The summed E-state index contributed by atoms with van der Waals surface area (Å²) in [5.74, 6) is 0.302. The van der Waals surface area contributed by atoms with Crippen molar-refractivity contribution in [2.24, 2.45) is 5.41 Å². The minimum atomic E-state index is -3.00. The van der Waals surface area contributed by atoms with Crippen molar-refractivity contribution < 1.29 is 8.42 Å². The van der Waals surface area contributed by atoms with E-state index >= 15 is 0 Å². The van der Waals surface area contributed by atoms with Gasteiger partial charge in [-0.2, -0.15) is 0 Å². The van der Waals surface area contributed by atoms with E-state index in [1.807, 2.05) is 6.92 Å². The van der Waals surface area contributed by atoms with E-state index in [-0.39, 0.29) is 5.41 Å². The van der Waals surface area contributed by atoms with Crippen molar-refractivity contribution >= 4 is 10.0 Å². The Balaban J connectivity index is 2.06. The topological polar surface area (TPSA) is 49.4 Å². The zero-order valence-electron chi connectivity index (χ0n) is 10.7. The van der Waals surface area contributed by atoms with E-state index in [1.54, 1.807) is 4.31 Å². The molecule has 2 heterocycles. The molecule has 100 valence electrons. The van der Waals surface area contributed by atoms with Gasteiger partial charge in [0.05, 0.1) is 5.75 Å². The van der Waals surface area contributed by atoms with Crippen molar-refractivity contribution in [3.63, 3.8) is 0 Å². The van der Waals surface area contributed by atoms with Gasteiger partial charge in [0.25, 0.3) is 0 Å². The monoisotopic (exact) mass is 260 g/mol. The van der Waals surface area contributed by atoms with Gasteiger partial charge in [-0.3, -0.25) is 0 Å². The van der Waals surface area contributed by atoms with Gasteiger partial charge in [0, 0.05) is 19.6 Å². The minimum Gasteiger partial charge on any atom is -0.316 e. The normalized spacial score (nSPS) is 31.8. The molecule has 2 fully saturated rings. The minimum absolute atomic E-state index is 0.220. The summed E-state index contributed by atoms with van der Waals surface area (Å²) in [5.41, 5.74) is 0.220. The number of rotatable bonds is 3. The Morgan fingerprint density at radius 1 is 1.29 bits per heavy atom. The molecule has 0 bridgehead atoms. The summed E-state index contributed by atoms with van der Waals surface area (Å²) >= 11 is 0. The van der Waals surface area contributed by atoms with Gasteiger partial charge in [0.2, 0.25) is 10.0 Å². The smallest absolute Gasteiger partial charge is 0.214 e. The Kier molecular flexibility index (Phi) is 4.10. The predicted octanol–water partition coefficient (Wildman–Crippen LogP) is 1.19. The van der Waals surface area contributed by atoms with Crippen LogP contribution in [-0.2, 0) is 10.0 Å². The fourth-order valence-corrected chi connectivity index (χ4v) is 4.82. The molecule has 4 nitrogen and oxygen atoms in total. The molecule has 0 aromatic carbocycles. The molecule has 1 N–H and O–H groups in total. The van der Waals surface area contributed by atoms with Gasteiger partial charge in [-0.1, -0.05) is 6.92 Å². The lowest BCUT2D eigenvalue weighted by atomic mass is 9.75. The average molecular weight is 260 g/mol. The maximum Gasteiger partial charge on any atom is 0.214 e. The first-order valence-electron chi connectivity index (χ1n) is 6.77. The standard InChI is InChI=1S/C12H24N2O2S/c1-2-9-17(15,16)14-8-4-6-12(11-14)5-3-7-13-10-12/h13H,2-11H2,1H3. The second-order valence-electron chi connectivity index (χ2n) is 5.53. The fraction of sp³-hybridized carbons (Fsp3) is 1.00. The van der Waals surface area contributed by atoms with Crippen molar-refractivity contribution in [3.8, 4) is 0 Å². The van der Waals surface area contributed by atoms with E-state index in [1.165, 1.54) is 19.3 Å². The molecule has 0 aliphatic carbocycles. The third-order valence-electron chi connectivity index (χ3n) is 4.04. The second-order valence-corrected chi connectivity index (χ2v) is 7.62. The summed E-state index contributed by atoms with van der Waals surface area (Å²) in [4.78, 5) is 0. The summed E-state index contributed by atoms with van der Waals surface area (Å²) in [5, 5.41) is 3.43. The molecule has 0 aromatic heterocycles. The molecular formula is C12H24N2O2S. The fourth-order valence-electron chi connectivity index (χ4n) is 3.17. The molecule has 0 saturated carbocycles. The second kappa shape index (κ2) is 5.24. The first kappa shape index (κ1) is 13.3. The maximum atomic E-state index is 12.1. The van der Waals surface area contributed by atoms with Crippen molar-refractivity contribution in [2.75, 3.05) is 31.9 Å². The maximum absolute atomic E-state index is 12.1. The largest absolute Gasteiger partial charge is 0.316 e. The number of hydrogen-bond donors (Lipinski definition) is 1. The van der Waals surface area contributed by atoms with E-state index in [4.69, 9.17) is 0 Å². The summed E-state index contributed by atoms with van der Waals surface area (Å²) in [6, 6.07) is 0. The lowest BCUT2D eigenvalue weighted by Gasteiger charge is -2.44. The first-order chi connectivity index (χ1) is 8.08. The molecular weight excluding hydrogens is 236 g/mol. The number of hydrogen-bond acceptors (Lipinski definition) is 3. The third-order valence-corrected chi connectivity index (χ3v) is 6.07.